The van der Waals surface area contributed by atoms with Crippen LogP contribution in [-0.4, -0.2) is 30.0 Å². The summed E-state index contributed by atoms with van der Waals surface area (Å²) in [4.78, 5) is 14.1. The van der Waals surface area contributed by atoms with Crippen LogP contribution in [-0.2, 0) is 0 Å². The zero-order valence-electron chi connectivity index (χ0n) is 11.6. The van der Waals surface area contributed by atoms with Crippen LogP contribution < -0.4 is 10.5 Å². The number of carbonyl (C=O) groups is 1. The second kappa shape index (κ2) is 6.28. The van der Waals surface area contributed by atoms with Gasteiger partial charge in [0.2, 0.25) is 0 Å². The van der Waals surface area contributed by atoms with Crippen LogP contribution in [0.25, 0.3) is 0 Å². The lowest BCUT2D eigenvalue weighted by atomic mass is 10.1. The van der Waals surface area contributed by atoms with Crippen molar-refractivity contribution in [1.29, 1.82) is 0 Å². The molecule has 0 aliphatic heterocycles. The molecule has 0 bridgehead atoms. The summed E-state index contributed by atoms with van der Waals surface area (Å²) in [5.74, 6) is 0.626. The molecule has 0 spiro atoms. The Labute approximate surface area is 109 Å². The van der Waals surface area contributed by atoms with E-state index in [4.69, 9.17) is 10.5 Å². The number of rotatable bonds is 5. The van der Waals surface area contributed by atoms with Gasteiger partial charge in [0.05, 0.1) is 6.61 Å². The zero-order chi connectivity index (χ0) is 13.7. The van der Waals surface area contributed by atoms with Crippen LogP contribution in [0.4, 0.5) is 5.69 Å². The van der Waals surface area contributed by atoms with E-state index in [0.29, 0.717) is 30.2 Å². The molecule has 0 aliphatic carbocycles. The smallest absolute Gasteiger partial charge is 0.254 e. The first-order valence-corrected chi connectivity index (χ1v) is 6.33. The highest BCUT2D eigenvalue weighted by atomic mass is 16.5. The molecule has 0 aromatic heterocycles. The lowest BCUT2D eigenvalue weighted by molar-refractivity contribution is 0.0716. The van der Waals surface area contributed by atoms with Gasteiger partial charge in [0.25, 0.3) is 5.91 Å². The molecule has 100 valence electrons. The van der Waals surface area contributed by atoms with Gasteiger partial charge < -0.3 is 15.4 Å². The molecule has 4 nitrogen and oxygen atoms in total. The highest BCUT2D eigenvalue weighted by Gasteiger charge is 2.18. The molecule has 1 aromatic rings. The first-order valence-electron chi connectivity index (χ1n) is 6.33. The van der Waals surface area contributed by atoms with Gasteiger partial charge in [-0.15, -0.1) is 0 Å². The first-order chi connectivity index (χ1) is 8.49. The number of nitrogens with zero attached hydrogens (tertiary/aromatic N) is 1. The molecule has 0 fully saturated rings. The number of amides is 1. The number of benzene rings is 1. The molecule has 1 aromatic carbocycles. The monoisotopic (exact) mass is 250 g/mol. The molecule has 0 unspecified atom stereocenters. The van der Waals surface area contributed by atoms with E-state index in [9.17, 15) is 4.79 Å². The van der Waals surface area contributed by atoms with Crippen LogP contribution in [0.3, 0.4) is 0 Å². The Morgan fingerprint density at radius 2 is 2.00 bits per heavy atom. The fourth-order valence-electron chi connectivity index (χ4n) is 1.90. The topological polar surface area (TPSA) is 55.6 Å². The maximum absolute atomic E-state index is 12.3. The Morgan fingerprint density at radius 3 is 2.50 bits per heavy atom. The number of nitrogen functional groups attached to an aromatic ring is 1. The van der Waals surface area contributed by atoms with Crippen molar-refractivity contribution in [1.82, 2.24) is 4.90 Å². The predicted molar refractivity (Wildman–Crippen MR) is 73.9 cm³/mol. The fraction of sp³-hybridized carbons (Fsp3) is 0.500. The van der Waals surface area contributed by atoms with Crippen LogP contribution >= 0.6 is 0 Å². The lowest BCUT2D eigenvalue weighted by Crippen LogP contribution is -2.36. The largest absolute Gasteiger partial charge is 0.494 e. The summed E-state index contributed by atoms with van der Waals surface area (Å²) in [6.07, 6.45) is 0. The van der Waals surface area contributed by atoms with Gasteiger partial charge >= 0.3 is 0 Å². The van der Waals surface area contributed by atoms with Crippen LogP contribution in [0, 0.1) is 0 Å². The number of hydrogen-bond donors (Lipinski definition) is 1. The van der Waals surface area contributed by atoms with Crippen molar-refractivity contribution in [3.63, 3.8) is 0 Å². The van der Waals surface area contributed by atoms with E-state index in [1.807, 2.05) is 27.7 Å². The summed E-state index contributed by atoms with van der Waals surface area (Å²) in [5.41, 5.74) is 6.92. The summed E-state index contributed by atoms with van der Waals surface area (Å²) in [5, 5.41) is 0. The van der Waals surface area contributed by atoms with Gasteiger partial charge in [0.15, 0.2) is 0 Å². The van der Waals surface area contributed by atoms with Gasteiger partial charge in [-0.1, -0.05) is 0 Å². The summed E-state index contributed by atoms with van der Waals surface area (Å²) in [7, 11) is 0. The van der Waals surface area contributed by atoms with Gasteiger partial charge in [-0.05, 0) is 39.8 Å². The van der Waals surface area contributed by atoms with Gasteiger partial charge in [0.1, 0.15) is 5.75 Å². The Balaban J connectivity index is 3.04. The van der Waals surface area contributed by atoms with Crippen molar-refractivity contribution in [2.24, 2.45) is 0 Å². The quantitative estimate of drug-likeness (QED) is 0.817. The van der Waals surface area contributed by atoms with E-state index < -0.39 is 0 Å². The molecule has 0 heterocycles. The Bertz CT molecular complexity index is 416. The van der Waals surface area contributed by atoms with Gasteiger partial charge in [0, 0.05) is 29.9 Å². The molecule has 0 radical (unpaired) electrons. The lowest BCUT2D eigenvalue weighted by Gasteiger charge is -2.25. The maximum atomic E-state index is 12.3. The van der Waals surface area contributed by atoms with E-state index >= 15 is 0 Å². The molecule has 1 amide bonds. The average Bonchev–Trinajstić information content (AvgIpc) is 2.28. The summed E-state index contributed by atoms with van der Waals surface area (Å²) >= 11 is 0. The van der Waals surface area contributed by atoms with Crippen LogP contribution in [0.1, 0.15) is 38.1 Å². The van der Waals surface area contributed by atoms with Crippen molar-refractivity contribution in [2.75, 3.05) is 18.9 Å². The molecule has 1 rings (SSSR count). The summed E-state index contributed by atoms with van der Waals surface area (Å²) in [6.45, 7) is 9.09. The van der Waals surface area contributed by atoms with Gasteiger partial charge in [-0.2, -0.15) is 0 Å². The molecule has 0 saturated carbocycles. The highest BCUT2D eigenvalue weighted by Crippen LogP contribution is 2.20. The number of hydrogen-bond acceptors (Lipinski definition) is 3. The molecule has 4 heteroatoms. The third-order valence-corrected chi connectivity index (χ3v) is 2.71. The molecular formula is C14H22N2O2. The van der Waals surface area contributed by atoms with Crippen molar-refractivity contribution in [3.8, 4) is 5.75 Å². The SMILES string of the molecule is CCOc1cc(N)cc(C(=O)N(CC)C(C)C)c1. The second-order valence-corrected chi connectivity index (χ2v) is 4.41. The Morgan fingerprint density at radius 1 is 1.33 bits per heavy atom. The van der Waals surface area contributed by atoms with Crippen LogP contribution in [0.15, 0.2) is 18.2 Å². The molecule has 18 heavy (non-hydrogen) atoms. The summed E-state index contributed by atoms with van der Waals surface area (Å²) < 4.78 is 5.40. The van der Waals surface area contributed by atoms with E-state index in [1.54, 1.807) is 23.1 Å². The van der Waals surface area contributed by atoms with Gasteiger partial charge in [-0.25, -0.2) is 0 Å². The normalized spacial score (nSPS) is 10.5. The van der Waals surface area contributed by atoms with Crippen molar-refractivity contribution in [2.45, 2.75) is 33.7 Å². The average molecular weight is 250 g/mol. The third kappa shape index (κ3) is 3.39. The zero-order valence-corrected chi connectivity index (χ0v) is 11.6. The predicted octanol–water partition coefficient (Wildman–Crippen LogP) is 2.54. The number of ether oxygens (including phenoxy) is 1. The molecular weight excluding hydrogens is 228 g/mol. The fourth-order valence-corrected chi connectivity index (χ4v) is 1.90. The van der Waals surface area contributed by atoms with Crippen LogP contribution in [0.5, 0.6) is 5.75 Å². The van der Waals surface area contributed by atoms with Crippen molar-refractivity contribution >= 4 is 11.6 Å². The van der Waals surface area contributed by atoms with E-state index in [2.05, 4.69) is 0 Å². The Hall–Kier alpha value is -1.71. The van der Waals surface area contributed by atoms with Crippen molar-refractivity contribution < 1.29 is 9.53 Å². The minimum atomic E-state index is -0.0132. The van der Waals surface area contributed by atoms with E-state index in [1.165, 1.54) is 0 Å². The molecule has 0 aliphatic rings. The second-order valence-electron chi connectivity index (χ2n) is 4.41. The van der Waals surface area contributed by atoms with E-state index in [-0.39, 0.29) is 11.9 Å². The molecule has 0 atom stereocenters. The number of carbonyl (C=O) groups excluding carboxylic acids is 1. The highest BCUT2D eigenvalue weighted by molar-refractivity contribution is 5.95. The first kappa shape index (κ1) is 14.4. The standard InChI is InChI=1S/C14H22N2O2/c1-5-16(10(3)4)14(17)11-7-12(15)9-13(8-11)18-6-2/h7-10H,5-6,15H2,1-4H3. The Kier molecular flexibility index (Phi) is 5.01. The van der Waals surface area contributed by atoms with Gasteiger partial charge in [-0.3, -0.25) is 4.79 Å². The molecule has 0 saturated heterocycles. The number of anilines is 1. The summed E-state index contributed by atoms with van der Waals surface area (Å²) in [6, 6.07) is 5.33. The minimum absolute atomic E-state index is 0.0132. The third-order valence-electron chi connectivity index (χ3n) is 2.71. The van der Waals surface area contributed by atoms with Crippen molar-refractivity contribution in [3.05, 3.63) is 23.8 Å². The van der Waals surface area contributed by atoms with Crippen LogP contribution in [0.2, 0.25) is 0 Å². The molecule has 2 N–H and O–H groups in total. The number of nitrogens with two attached hydrogens (primary N) is 1. The minimum Gasteiger partial charge on any atom is -0.494 e. The maximum Gasteiger partial charge on any atom is 0.254 e. The van der Waals surface area contributed by atoms with E-state index in [0.717, 1.165) is 0 Å².